The number of hydrogen-bond acceptors (Lipinski definition) is 9. The number of ether oxygens (including phenoxy) is 1. The van der Waals surface area contributed by atoms with E-state index >= 15 is 0 Å². The first-order chi connectivity index (χ1) is 21.3. The maximum atomic E-state index is 13.6. The van der Waals surface area contributed by atoms with Crippen molar-refractivity contribution in [1.29, 1.82) is 5.26 Å². The first-order valence-corrected chi connectivity index (χ1v) is 14.3. The van der Waals surface area contributed by atoms with Crippen LogP contribution >= 0.6 is 0 Å². The number of alkyl halides is 3. The number of aromatic nitrogens is 9. The molecule has 2 fully saturated rings. The summed E-state index contributed by atoms with van der Waals surface area (Å²) in [6, 6.07) is 7.10. The fourth-order valence-corrected chi connectivity index (χ4v) is 6.33. The van der Waals surface area contributed by atoms with E-state index in [2.05, 4.69) is 46.1 Å². The lowest BCUT2D eigenvalue weighted by Gasteiger charge is -2.52. The zero-order valence-electron chi connectivity index (χ0n) is 23.5. The molecule has 5 aromatic heterocycles. The number of nitrogens with one attached hydrogen (secondary N) is 1. The number of fused-ring (bicyclic) bond motifs is 1. The van der Waals surface area contributed by atoms with Gasteiger partial charge >= 0.3 is 6.18 Å². The summed E-state index contributed by atoms with van der Waals surface area (Å²) in [7, 11) is 0. The number of pyridine rings is 1. The van der Waals surface area contributed by atoms with Gasteiger partial charge in [0.2, 0.25) is 5.88 Å². The lowest BCUT2D eigenvalue weighted by molar-refractivity contribution is -0.141. The Hall–Kier alpha value is -4.84. The number of halogens is 3. The normalized spacial score (nSPS) is 21.3. The van der Waals surface area contributed by atoms with Crippen molar-refractivity contribution in [3.8, 4) is 23.2 Å². The highest BCUT2D eigenvalue weighted by atomic mass is 19.4. The van der Waals surface area contributed by atoms with Crippen LogP contribution in [0.3, 0.4) is 0 Å². The van der Waals surface area contributed by atoms with Crippen LogP contribution in [0.2, 0.25) is 0 Å². The molecule has 6 heterocycles. The van der Waals surface area contributed by atoms with Crippen LogP contribution in [0.15, 0.2) is 55.8 Å². The average Bonchev–Trinajstić information content (AvgIpc) is 3.77. The van der Waals surface area contributed by atoms with Gasteiger partial charge < -0.3 is 9.72 Å². The first-order valence-electron chi connectivity index (χ1n) is 14.3. The van der Waals surface area contributed by atoms with Crippen LogP contribution in [0.1, 0.15) is 43.4 Å². The van der Waals surface area contributed by atoms with Crippen molar-refractivity contribution < 1.29 is 17.9 Å². The zero-order chi connectivity index (χ0) is 30.3. The molecule has 1 aliphatic carbocycles. The Labute approximate surface area is 249 Å². The summed E-state index contributed by atoms with van der Waals surface area (Å²) in [4.78, 5) is 21.8. The first kappa shape index (κ1) is 28.0. The molecular formula is C29H28F3N11O. The number of H-pyrrole nitrogens is 1. The van der Waals surface area contributed by atoms with Crippen molar-refractivity contribution >= 4 is 11.0 Å². The molecule has 0 spiro atoms. The Morgan fingerprint density at radius 2 is 1.95 bits per heavy atom. The topological polar surface area (TPSA) is 139 Å². The van der Waals surface area contributed by atoms with E-state index in [0.29, 0.717) is 24.8 Å². The van der Waals surface area contributed by atoms with Crippen molar-refractivity contribution in [3.05, 3.63) is 67.0 Å². The van der Waals surface area contributed by atoms with Crippen LogP contribution in [0, 0.1) is 11.3 Å². The minimum atomic E-state index is -4.60. The number of nitrogens with zero attached hydrogens (tertiary/aromatic N) is 10. The lowest BCUT2D eigenvalue weighted by atomic mass is 9.69. The van der Waals surface area contributed by atoms with E-state index in [9.17, 15) is 18.4 Å². The Balaban J connectivity index is 0.994. The summed E-state index contributed by atoms with van der Waals surface area (Å²) in [5.74, 6) is -0.0415. The lowest BCUT2D eigenvalue weighted by Crippen LogP contribution is -2.58. The van der Waals surface area contributed by atoms with Crippen LogP contribution < -0.4 is 4.74 Å². The van der Waals surface area contributed by atoms with Gasteiger partial charge in [0.25, 0.3) is 0 Å². The van der Waals surface area contributed by atoms with Crippen molar-refractivity contribution in [2.45, 2.75) is 62.5 Å². The van der Waals surface area contributed by atoms with Gasteiger partial charge in [-0.3, -0.25) is 9.58 Å². The van der Waals surface area contributed by atoms with Crippen LogP contribution in [-0.4, -0.2) is 74.6 Å². The van der Waals surface area contributed by atoms with E-state index in [4.69, 9.17) is 4.74 Å². The molecule has 0 amide bonds. The highest BCUT2D eigenvalue weighted by Crippen LogP contribution is 2.45. The smallest absolute Gasteiger partial charge is 0.433 e. The molecule has 15 heteroatoms. The number of rotatable bonds is 8. The molecule has 1 saturated carbocycles. The van der Waals surface area contributed by atoms with E-state index in [0.717, 1.165) is 54.3 Å². The molecular weight excluding hydrogens is 575 g/mol. The molecule has 1 saturated heterocycles. The van der Waals surface area contributed by atoms with Gasteiger partial charge in [0.05, 0.1) is 36.5 Å². The molecule has 44 heavy (non-hydrogen) atoms. The van der Waals surface area contributed by atoms with Crippen LogP contribution in [0.5, 0.6) is 5.88 Å². The average molecular weight is 604 g/mol. The zero-order valence-corrected chi connectivity index (χ0v) is 23.5. The molecule has 0 atom stereocenters. The maximum absolute atomic E-state index is 13.6. The van der Waals surface area contributed by atoms with Crippen LogP contribution in [0.25, 0.3) is 22.3 Å². The highest BCUT2D eigenvalue weighted by molar-refractivity contribution is 5.90. The SMILES string of the molecule is N#CCC1(n2cc(-c3ncnc4[nH]ccc34)cn2)CC(N2CCC(Oc3cc(Cn4cncn4)cc(C(F)(F)F)n3)CC2)C1. The van der Waals surface area contributed by atoms with Gasteiger partial charge in [-0.15, -0.1) is 0 Å². The van der Waals surface area contributed by atoms with Crippen LogP contribution in [-0.2, 0) is 18.3 Å². The third-order valence-electron chi connectivity index (χ3n) is 8.58. The van der Waals surface area contributed by atoms with Gasteiger partial charge in [0, 0.05) is 48.5 Å². The van der Waals surface area contributed by atoms with Gasteiger partial charge in [-0.1, -0.05) is 0 Å². The van der Waals surface area contributed by atoms with E-state index in [1.54, 1.807) is 6.20 Å². The molecule has 0 radical (unpaired) electrons. The summed E-state index contributed by atoms with van der Waals surface area (Å²) < 4.78 is 50.1. The van der Waals surface area contributed by atoms with E-state index in [1.165, 1.54) is 29.7 Å². The number of likely N-dealkylation sites (tertiary alicyclic amines) is 1. The molecule has 0 bridgehead atoms. The Kier molecular flexibility index (Phi) is 7.00. The molecule has 12 nitrogen and oxygen atoms in total. The number of nitriles is 1. The minimum Gasteiger partial charge on any atom is -0.474 e. The Bertz CT molecular complexity index is 1790. The van der Waals surface area contributed by atoms with E-state index in [-0.39, 0.29) is 24.6 Å². The quantitative estimate of drug-likeness (QED) is 0.277. The van der Waals surface area contributed by atoms with Gasteiger partial charge in [-0.25, -0.2) is 24.6 Å². The van der Waals surface area contributed by atoms with Gasteiger partial charge in [-0.05, 0) is 43.4 Å². The van der Waals surface area contributed by atoms with Crippen molar-refractivity contribution in [2.75, 3.05) is 13.1 Å². The largest absolute Gasteiger partial charge is 0.474 e. The summed E-state index contributed by atoms with van der Waals surface area (Å²) in [5, 5.41) is 19.2. The molecule has 5 aromatic rings. The molecule has 0 aromatic carbocycles. The fourth-order valence-electron chi connectivity index (χ4n) is 6.33. The van der Waals surface area contributed by atoms with E-state index in [1.807, 2.05) is 23.1 Å². The maximum Gasteiger partial charge on any atom is 0.433 e. The predicted octanol–water partition coefficient (Wildman–Crippen LogP) is 4.19. The fraction of sp³-hybridized carbons (Fsp3) is 0.414. The minimum absolute atomic E-state index is 0.0415. The monoisotopic (exact) mass is 603 g/mol. The van der Waals surface area contributed by atoms with E-state index < -0.39 is 17.4 Å². The second-order valence-electron chi connectivity index (χ2n) is 11.4. The third-order valence-corrected chi connectivity index (χ3v) is 8.58. The summed E-state index contributed by atoms with van der Waals surface area (Å²) in [6.07, 6.45) is 8.21. The van der Waals surface area contributed by atoms with Crippen molar-refractivity contribution in [2.24, 2.45) is 0 Å². The molecule has 2 aliphatic rings. The second kappa shape index (κ2) is 11.0. The van der Waals surface area contributed by atoms with Gasteiger partial charge in [0.15, 0.2) is 0 Å². The third kappa shape index (κ3) is 5.37. The Morgan fingerprint density at radius 3 is 2.70 bits per heavy atom. The van der Waals surface area contributed by atoms with Crippen molar-refractivity contribution in [3.63, 3.8) is 0 Å². The highest BCUT2D eigenvalue weighted by Gasteiger charge is 2.49. The van der Waals surface area contributed by atoms with Crippen molar-refractivity contribution in [1.82, 2.24) is 49.4 Å². The summed E-state index contributed by atoms with van der Waals surface area (Å²) in [6.45, 7) is 1.60. The van der Waals surface area contributed by atoms with Gasteiger partial charge in [-0.2, -0.15) is 28.6 Å². The number of hydrogen-bond donors (Lipinski definition) is 1. The molecule has 7 rings (SSSR count). The standard InChI is InChI=1S/C29H28F3N11O/c30-29(31,32)24-9-19(14-42-18-34-16-39-42)10-25(40-24)44-22-2-7-41(8-3-22)21-11-28(12-21,4-5-33)43-15-20(13-38-43)26-23-1-6-35-27(23)37-17-36-26/h1,6,9-10,13,15-18,21-22H,2-4,7-8,11-12,14H2,(H,35,36,37). The second-order valence-corrected chi connectivity index (χ2v) is 11.4. The number of piperidine rings is 1. The molecule has 1 aliphatic heterocycles. The summed E-state index contributed by atoms with van der Waals surface area (Å²) >= 11 is 0. The van der Waals surface area contributed by atoms with Gasteiger partial charge in [0.1, 0.15) is 36.4 Å². The molecule has 0 unspecified atom stereocenters. The van der Waals surface area contributed by atoms with Crippen LogP contribution in [0.4, 0.5) is 13.2 Å². The summed E-state index contributed by atoms with van der Waals surface area (Å²) in [5.41, 5.74) is 1.38. The Morgan fingerprint density at radius 1 is 1.11 bits per heavy atom. The molecule has 1 N–H and O–H groups in total. The molecule has 226 valence electrons. The number of aromatic amines is 1. The predicted molar refractivity (Wildman–Crippen MR) is 150 cm³/mol.